The number of hydrogen-bond acceptors (Lipinski definition) is 4. The molecular formula is C17H32N4. The first kappa shape index (κ1) is 17.9. The molecule has 0 aliphatic rings. The Hall–Kier alpha value is -1.13. The summed E-state index contributed by atoms with van der Waals surface area (Å²) >= 11 is 0. The number of hydrogen-bond donors (Lipinski definition) is 1. The molecule has 0 fully saturated rings. The molecule has 120 valence electrons. The van der Waals surface area contributed by atoms with Crippen LogP contribution >= 0.6 is 0 Å². The molecule has 0 radical (unpaired) electrons. The van der Waals surface area contributed by atoms with Crippen LogP contribution in [0.2, 0.25) is 0 Å². The van der Waals surface area contributed by atoms with E-state index >= 15 is 0 Å². The standard InChI is InChI=1S/C17H32N4/c1-6-8-21(10-9-20(4)5)17-14(3)11-15(13-19-17)12-16(18)7-2/h11,13,16H,6-10,12,18H2,1-5H3. The molecule has 1 unspecified atom stereocenters. The second kappa shape index (κ2) is 9.00. The lowest BCUT2D eigenvalue weighted by molar-refractivity contribution is 0.412. The minimum atomic E-state index is 0.234. The number of rotatable bonds is 9. The van der Waals surface area contributed by atoms with Crippen molar-refractivity contribution in [2.45, 2.75) is 46.1 Å². The van der Waals surface area contributed by atoms with Crippen LogP contribution in [-0.2, 0) is 6.42 Å². The summed E-state index contributed by atoms with van der Waals surface area (Å²) in [6.07, 6.45) is 5.05. The van der Waals surface area contributed by atoms with Crippen molar-refractivity contribution in [3.05, 3.63) is 23.4 Å². The van der Waals surface area contributed by atoms with Crippen molar-refractivity contribution in [1.82, 2.24) is 9.88 Å². The van der Waals surface area contributed by atoms with Gasteiger partial charge in [-0.3, -0.25) is 0 Å². The molecule has 0 saturated carbocycles. The van der Waals surface area contributed by atoms with E-state index in [4.69, 9.17) is 10.7 Å². The summed E-state index contributed by atoms with van der Waals surface area (Å²) in [7, 11) is 4.22. The highest BCUT2D eigenvalue weighted by atomic mass is 15.2. The molecule has 4 heteroatoms. The highest BCUT2D eigenvalue weighted by Gasteiger charge is 2.12. The fourth-order valence-corrected chi connectivity index (χ4v) is 2.43. The van der Waals surface area contributed by atoms with Gasteiger partial charge >= 0.3 is 0 Å². The largest absolute Gasteiger partial charge is 0.355 e. The number of anilines is 1. The molecule has 1 heterocycles. The zero-order valence-electron chi connectivity index (χ0n) is 14.4. The van der Waals surface area contributed by atoms with Gasteiger partial charge < -0.3 is 15.5 Å². The van der Waals surface area contributed by atoms with Crippen molar-refractivity contribution >= 4 is 5.82 Å². The van der Waals surface area contributed by atoms with E-state index in [1.54, 1.807) is 0 Å². The molecule has 4 nitrogen and oxygen atoms in total. The van der Waals surface area contributed by atoms with Crippen LogP contribution in [0, 0.1) is 6.92 Å². The lowest BCUT2D eigenvalue weighted by atomic mass is 10.0. The second-order valence-electron chi connectivity index (χ2n) is 6.15. The zero-order chi connectivity index (χ0) is 15.8. The highest BCUT2D eigenvalue weighted by molar-refractivity contribution is 5.47. The number of aromatic nitrogens is 1. The fourth-order valence-electron chi connectivity index (χ4n) is 2.43. The van der Waals surface area contributed by atoms with Crippen molar-refractivity contribution < 1.29 is 0 Å². The van der Waals surface area contributed by atoms with Gasteiger partial charge in [-0.25, -0.2) is 4.98 Å². The molecule has 0 saturated heterocycles. The molecular weight excluding hydrogens is 260 g/mol. The SMILES string of the molecule is CCCN(CCN(C)C)c1ncc(CC(N)CC)cc1C. The summed E-state index contributed by atoms with van der Waals surface area (Å²) in [6.45, 7) is 9.61. The van der Waals surface area contributed by atoms with Gasteiger partial charge in [0.1, 0.15) is 5.82 Å². The van der Waals surface area contributed by atoms with Crippen LogP contribution in [0.3, 0.4) is 0 Å². The van der Waals surface area contributed by atoms with Crippen LogP contribution in [0.25, 0.3) is 0 Å². The van der Waals surface area contributed by atoms with E-state index in [2.05, 4.69) is 50.7 Å². The van der Waals surface area contributed by atoms with E-state index < -0.39 is 0 Å². The van der Waals surface area contributed by atoms with Gasteiger partial charge in [-0.05, 0) is 51.4 Å². The highest BCUT2D eigenvalue weighted by Crippen LogP contribution is 2.19. The predicted molar refractivity (Wildman–Crippen MR) is 92.0 cm³/mol. The molecule has 1 aromatic rings. The van der Waals surface area contributed by atoms with Crippen LogP contribution in [-0.4, -0.2) is 49.7 Å². The van der Waals surface area contributed by atoms with Gasteiger partial charge in [0.05, 0.1) is 0 Å². The average Bonchev–Trinajstić information content (AvgIpc) is 2.43. The van der Waals surface area contributed by atoms with Gasteiger partial charge in [-0.1, -0.05) is 19.9 Å². The van der Waals surface area contributed by atoms with E-state index in [1.165, 1.54) is 11.1 Å². The van der Waals surface area contributed by atoms with E-state index in [1.807, 2.05) is 6.20 Å². The molecule has 0 aliphatic heterocycles. The second-order valence-corrected chi connectivity index (χ2v) is 6.15. The van der Waals surface area contributed by atoms with Crippen LogP contribution in [0.5, 0.6) is 0 Å². The van der Waals surface area contributed by atoms with Gasteiger partial charge in [0.2, 0.25) is 0 Å². The summed E-state index contributed by atoms with van der Waals surface area (Å²) in [6, 6.07) is 2.48. The predicted octanol–water partition coefficient (Wildman–Crippen LogP) is 2.45. The Morgan fingerprint density at radius 1 is 1.19 bits per heavy atom. The molecule has 0 aromatic carbocycles. The van der Waals surface area contributed by atoms with Gasteiger partial charge in [0.25, 0.3) is 0 Å². The molecule has 1 aromatic heterocycles. The van der Waals surface area contributed by atoms with Crippen molar-refractivity contribution in [2.75, 3.05) is 38.6 Å². The number of nitrogens with two attached hydrogens (primary N) is 1. The Morgan fingerprint density at radius 2 is 1.90 bits per heavy atom. The first-order valence-corrected chi connectivity index (χ1v) is 8.08. The maximum Gasteiger partial charge on any atom is 0.131 e. The third-order valence-corrected chi connectivity index (χ3v) is 3.74. The maximum atomic E-state index is 6.04. The number of likely N-dealkylation sites (N-methyl/N-ethyl adjacent to an activating group) is 1. The Balaban J connectivity index is 2.83. The van der Waals surface area contributed by atoms with Crippen LogP contribution < -0.4 is 10.6 Å². The number of nitrogens with zero attached hydrogens (tertiary/aromatic N) is 3. The Bertz CT molecular complexity index is 417. The van der Waals surface area contributed by atoms with Crippen molar-refractivity contribution in [3.63, 3.8) is 0 Å². The molecule has 1 rings (SSSR count). The molecule has 21 heavy (non-hydrogen) atoms. The topological polar surface area (TPSA) is 45.4 Å². The molecule has 0 aliphatic carbocycles. The summed E-state index contributed by atoms with van der Waals surface area (Å²) in [5.41, 5.74) is 8.54. The first-order chi connectivity index (χ1) is 9.97. The Morgan fingerprint density at radius 3 is 2.43 bits per heavy atom. The lowest BCUT2D eigenvalue weighted by Gasteiger charge is -2.26. The Kier molecular flexibility index (Phi) is 7.68. The minimum Gasteiger partial charge on any atom is -0.355 e. The third kappa shape index (κ3) is 6.02. The Labute approximate surface area is 130 Å². The maximum absolute atomic E-state index is 6.04. The van der Waals surface area contributed by atoms with E-state index in [-0.39, 0.29) is 6.04 Å². The summed E-state index contributed by atoms with van der Waals surface area (Å²) in [4.78, 5) is 9.32. The van der Waals surface area contributed by atoms with Crippen molar-refractivity contribution in [3.8, 4) is 0 Å². The quantitative estimate of drug-likeness (QED) is 0.759. The van der Waals surface area contributed by atoms with Crippen LogP contribution in [0.4, 0.5) is 5.82 Å². The summed E-state index contributed by atoms with van der Waals surface area (Å²) in [5.74, 6) is 1.12. The number of aryl methyl sites for hydroxylation is 1. The molecule has 0 bridgehead atoms. The normalized spacial score (nSPS) is 12.7. The summed E-state index contributed by atoms with van der Waals surface area (Å²) in [5, 5.41) is 0. The van der Waals surface area contributed by atoms with E-state index in [9.17, 15) is 0 Å². The van der Waals surface area contributed by atoms with E-state index in [0.717, 1.165) is 44.7 Å². The fraction of sp³-hybridized carbons (Fsp3) is 0.706. The lowest BCUT2D eigenvalue weighted by Crippen LogP contribution is -2.33. The molecule has 2 N–H and O–H groups in total. The van der Waals surface area contributed by atoms with Crippen molar-refractivity contribution in [1.29, 1.82) is 0 Å². The molecule has 1 atom stereocenters. The number of pyridine rings is 1. The summed E-state index contributed by atoms with van der Waals surface area (Å²) < 4.78 is 0. The van der Waals surface area contributed by atoms with Crippen LogP contribution in [0.15, 0.2) is 12.3 Å². The van der Waals surface area contributed by atoms with Crippen molar-refractivity contribution in [2.24, 2.45) is 5.73 Å². The van der Waals surface area contributed by atoms with Crippen LogP contribution in [0.1, 0.15) is 37.8 Å². The van der Waals surface area contributed by atoms with Gasteiger partial charge in [-0.15, -0.1) is 0 Å². The zero-order valence-corrected chi connectivity index (χ0v) is 14.4. The average molecular weight is 292 g/mol. The third-order valence-electron chi connectivity index (χ3n) is 3.74. The monoisotopic (exact) mass is 292 g/mol. The smallest absolute Gasteiger partial charge is 0.131 e. The van der Waals surface area contributed by atoms with Gasteiger partial charge in [0, 0.05) is 31.9 Å². The first-order valence-electron chi connectivity index (χ1n) is 8.08. The minimum absolute atomic E-state index is 0.234. The van der Waals surface area contributed by atoms with Gasteiger partial charge in [-0.2, -0.15) is 0 Å². The van der Waals surface area contributed by atoms with E-state index in [0.29, 0.717) is 0 Å². The van der Waals surface area contributed by atoms with Gasteiger partial charge in [0.15, 0.2) is 0 Å². The molecule has 0 spiro atoms. The molecule has 0 amide bonds.